The first kappa shape index (κ1) is 13.6. The zero-order valence-corrected chi connectivity index (χ0v) is 9.81. The number of rotatable bonds is 2. The first-order chi connectivity index (χ1) is 7.65. The van der Waals surface area contributed by atoms with Gasteiger partial charge in [-0.15, -0.1) is 0 Å². The van der Waals surface area contributed by atoms with E-state index in [4.69, 9.17) is 5.11 Å². The van der Waals surface area contributed by atoms with Gasteiger partial charge in [-0.05, 0) is 34.8 Å². The molecule has 1 fully saturated rings. The third kappa shape index (κ3) is 2.64. The fourth-order valence-corrected chi connectivity index (χ4v) is 2.11. The molecule has 0 saturated heterocycles. The molecule has 5 nitrogen and oxygen atoms in total. The van der Waals surface area contributed by atoms with Crippen molar-refractivity contribution in [2.45, 2.75) is 18.8 Å². The Morgan fingerprint density at radius 2 is 2.18 bits per heavy atom. The van der Waals surface area contributed by atoms with E-state index in [1.54, 1.807) is 16.6 Å². The molecule has 0 aliphatic heterocycles. The molecule has 2 heterocycles. The van der Waals surface area contributed by atoms with Crippen molar-refractivity contribution in [2.75, 3.05) is 0 Å². The Morgan fingerprint density at radius 1 is 1.47 bits per heavy atom. The van der Waals surface area contributed by atoms with Crippen molar-refractivity contribution in [3.63, 3.8) is 0 Å². The van der Waals surface area contributed by atoms with Gasteiger partial charge in [0.25, 0.3) is 0 Å². The van der Waals surface area contributed by atoms with Crippen LogP contribution in [0.3, 0.4) is 0 Å². The van der Waals surface area contributed by atoms with Gasteiger partial charge in [-0.1, -0.05) is 0 Å². The number of aromatic carboxylic acids is 1. The Morgan fingerprint density at radius 3 is 2.76 bits per heavy atom. The van der Waals surface area contributed by atoms with Gasteiger partial charge in [-0.3, -0.25) is 0 Å². The van der Waals surface area contributed by atoms with Crippen molar-refractivity contribution in [1.29, 1.82) is 0 Å². The molecule has 0 spiro atoms. The van der Waals surface area contributed by atoms with Crippen LogP contribution < -0.4 is 0 Å². The van der Waals surface area contributed by atoms with Crippen LogP contribution in [0.1, 0.15) is 34.9 Å². The molecule has 0 bridgehead atoms. The van der Waals surface area contributed by atoms with Crippen LogP contribution in [0.4, 0.5) is 0 Å². The van der Waals surface area contributed by atoms with Crippen LogP contribution >= 0.6 is 15.9 Å². The summed E-state index contributed by atoms with van der Waals surface area (Å²) in [6.45, 7) is 0. The standard InChI is InChI=1S/C10H8BrN3O2.K.H/c11-8-4-9-12-6(10(15)16)3-7(5-1-2-5)14(9)13-8;;/h3-5H,1-2H2,(H,15,16);;. The summed E-state index contributed by atoms with van der Waals surface area (Å²) in [4.78, 5) is 15.0. The summed E-state index contributed by atoms with van der Waals surface area (Å²) in [5.41, 5.74) is 1.60. The molecule has 1 aliphatic carbocycles. The van der Waals surface area contributed by atoms with Gasteiger partial charge in [0.2, 0.25) is 0 Å². The van der Waals surface area contributed by atoms with Gasteiger partial charge in [-0.2, -0.15) is 5.10 Å². The number of fused-ring (bicyclic) bond motifs is 1. The fourth-order valence-electron chi connectivity index (χ4n) is 1.75. The summed E-state index contributed by atoms with van der Waals surface area (Å²) in [7, 11) is 0. The number of carbonyl (C=O) groups is 1. The van der Waals surface area contributed by atoms with Crippen molar-refractivity contribution < 1.29 is 9.90 Å². The number of nitrogens with zero attached hydrogens (tertiary/aromatic N) is 3. The minimum absolute atomic E-state index is 0. The molecule has 17 heavy (non-hydrogen) atoms. The minimum atomic E-state index is -0.998. The molecule has 1 saturated carbocycles. The Kier molecular flexibility index (Phi) is 4.06. The summed E-state index contributed by atoms with van der Waals surface area (Å²) < 4.78 is 2.39. The monoisotopic (exact) mass is 321 g/mol. The van der Waals surface area contributed by atoms with Crippen LogP contribution in [-0.2, 0) is 0 Å². The van der Waals surface area contributed by atoms with Crippen molar-refractivity contribution in [3.8, 4) is 0 Å². The summed E-state index contributed by atoms with van der Waals surface area (Å²) in [5, 5.41) is 13.2. The third-order valence-electron chi connectivity index (χ3n) is 2.64. The van der Waals surface area contributed by atoms with Crippen molar-refractivity contribution in [1.82, 2.24) is 14.6 Å². The van der Waals surface area contributed by atoms with E-state index in [0.717, 1.165) is 18.5 Å². The van der Waals surface area contributed by atoms with Crippen molar-refractivity contribution >= 4 is 78.9 Å². The van der Waals surface area contributed by atoms with Crippen LogP contribution in [-0.4, -0.2) is 77.1 Å². The molecule has 1 aliphatic rings. The van der Waals surface area contributed by atoms with Crippen LogP contribution in [0.5, 0.6) is 0 Å². The van der Waals surface area contributed by atoms with Crippen LogP contribution in [0, 0.1) is 0 Å². The van der Waals surface area contributed by atoms with E-state index in [1.165, 1.54) is 0 Å². The van der Waals surface area contributed by atoms with E-state index in [9.17, 15) is 4.79 Å². The Labute approximate surface area is 148 Å². The molecule has 0 unspecified atom stereocenters. The number of aromatic nitrogens is 3. The van der Waals surface area contributed by atoms with E-state index in [2.05, 4.69) is 26.0 Å². The Hall–Kier alpha value is 0.206. The fraction of sp³-hybridized carbons (Fsp3) is 0.300. The van der Waals surface area contributed by atoms with Gasteiger partial charge in [0.15, 0.2) is 11.3 Å². The van der Waals surface area contributed by atoms with E-state index in [0.29, 0.717) is 16.2 Å². The van der Waals surface area contributed by atoms with Gasteiger partial charge in [0, 0.05) is 17.7 Å². The summed E-state index contributed by atoms with van der Waals surface area (Å²) in [5.74, 6) is -0.572. The van der Waals surface area contributed by atoms with Gasteiger partial charge in [0.1, 0.15) is 4.60 Å². The predicted octanol–water partition coefficient (Wildman–Crippen LogP) is 1.42. The first-order valence-electron chi connectivity index (χ1n) is 4.94. The summed E-state index contributed by atoms with van der Waals surface area (Å²) in [6, 6.07) is 3.34. The number of carboxylic acid groups (broad SMARTS) is 1. The second kappa shape index (κ2) is 5.06. The maximum atomic E-state index is 10.9. The predicted molar refractivity (Wildman–Crippen MR) is 66.8 cm³/mol. The van der Waals surface area contributed by atoms with E-state index >= 15 is 0 Å². The van der Waals surface area contributed by atoms with Crippen LogP contribution in [0.25, 0.3) is 5.65 Å². The zero-order valence-electron chi connectivity index (χ0n) is 8.22. The molecule has 3 rings (SSSR count). The van der Waals surface area contributed by atoms with Gasteiger partial charge in [0.05, 0.1) is 0 Å². The van der Waals surface area contributed by atoms with Gasteiger partial charge < -0.3 is 5.11 Å². The second-order valence-corrected chi connectivity index (χ2v) is 4.70. The number of halogens is 1. The number of hydrogen-bond acceptors (Lipinski definition) is 3. The molecule has 0 amide bonds. The van der Waals surface area contributed by atoms with Crippen LogP contribution in [0.2, 0.25) is 0 Å². The summed E-state index contributed by atoms with van der Waals surface area (Å²) >= 11 is 3.27. The molecular weight excluding hydrogens is 313 g/mol. The van der Waals surface area contributed by atoms with Crippen LogP contribution in [0.15, 0.2) is 16.7 Å². The average molecular weight is 322 g/mol. The molecule has 7 heteroatoms. The molecule has 2 aromatic heterocycles. The number of carboxylic acids is 1. The molecule has 0 atom stereocenters. The van der Waals surface area contributed by atoms with Crippen molar-refractivity contribution in [3.05, 3.63) is 28.1 Å². The van der Waals surface area contributed by atoms with Crippen molar-refractivity contribution in [2.24, 2.45) is 0 Å². The quantitative estimate of drug-likeness (QED) is 0.849. The van der Waals surface area contributed by atoms with E-state index in [1.807, 2.05) is 0 Å². The topological polar surface area (TPSA) is 67.5 Å². The molecule has 0 radical (unpaired) electrons. The Bertz CT molecular complexity index is 594. The number of hydrogen-bond donors (Lipinski definition) is 1. The normalized spacial score (nSPS) is 14.6. The van der Waals surface area contributed by atoms with E-state index < -0.39 is 5.97 Å². The average Bonchev–Trinajstić information content (AvgIpc) is 2.98. The van der Waals surface area contributed by atoms with Gasteiger partial charge >= 0.3 is 57.4 Å². The third-order valence-corrected chi connectivity index (χ3v) is 3.03. The first-order valence-corrected chi connectivity index (χ1v) is 5.74. The summed E-state index contributed by atoms with van der Waals surface area (Å²) in [6.07, 6.45) is 2.19. The van der Waals surface area contributed by atoms with Gasteiger partial charge in [-0.25, -0.2) is 14.3 Å². The van der Waals surface area contributed by atoms with E-state index in [-0.39, 0.29) is 57.1 Å². The molecule has 2 aromatic rings. The molecule has 84 valence electrons. The Balaban J connectivity index is 0.00000108. The molecule has 1 N–H and O–H groups in total. The molecular formula is C10H9BrKN3O2. The molecule has 0 aromatic carbocycles. The maximum absolute atomic E-state index is 10.9. The second-order valence-electron chi connectivity index (χ2n) is 3.88. The SMILES string of the molecule is O=C(O)c1cc(C2CC2)n2nc(Br)cc2n1.[KH]. The zero-order chi connectivity index (χ0) is 11.3.